The van der Waals surface area contributed by atoms with Gasteiger partial charge < -0.3 is 5.32 Å². The lowest BCUT2D eigenvalue weighted by atomic mass is 10.1. The van der Waals surface area contributed by atoms with Crippen LogP contribution in [0.4, 0.5) is 22.0 Å². The molecule has 0 spiro atoms. The highest BCUT2D eigenvalue weighted by Crippen LogP contribution is 2.36. The smallest absolute Gasteiger partial charge is 0.351 e. The maximum Gasteiger partial charge on any atom is 0.443 e. The first-order valence-corrected chi connectivity index (χ1v) is 13.2. The highest BCUT2D eigenvalue weighted by Gasteiger charge is 2.49. The zero-order valence-electron chi connectivity index (χ0n) is 19.4. The summed E-state index contributed by atoms with van der Waals surface area (Å²) in [7, 11) is -4.37. The molecule has 1 aromatic carbocycles. The topological polar surface area (TPSA) is 116 Å². The fraction of sp³-hybridized carbons (Fsp3) is 0.304. The van der Waals surface area contributed by atoms with Crippen LogP contribution >= 0.6 is 11.3 Å². The molecule has 1 N–H and O–H groups in total. The van der Waals surface area contributed by atoms with E-state index in [1.807, 2.05) is 6.07 Å². The highest BCUT2D eigenvalue weighted by molar-refractivity contribution is 7.89. The Morgan fingerprint density at radius 2 is 1.92 bits per heavy atom. The van der Waals surface area contributed by atoms with Crippen LogP contribution < -0.4 is 5.32 Å². The van der Waals surface area contributed by atoms with Gasteiger partial charge in [-0.3, -0.25) is 9.78 Å². The summed E-state index contributed by atoms with van der Waals surface area (Å²) in [6, 6.07) is 4.45. The van der Waals surface area contributed by atoms with Crippen molar-refractivity contribution in [1.29, 1.82) is 5.26 Å². The summed E-state index contributed by atoms with van der Waals surface area (Å²) in [4.78, 5) is 20.1. The van der Waals surface area contributed by atoms with E-state index < -0.39 is 57.6 Å². The molecule has 0 saturated carbocycles. The standard InChI is InChI=1S/C23H18F5N5O3S2/c1-12-17(25)7-19(33(12)38(35,36)16-4-2-15(24)3-5-16)21(34)31-9-13-6-18(30-10-14(13)8-29)20-11-32-22(37-20)23(26,27)28/h2-6,10-12,17,19H,7,9H2,1H3,(H,31,34)/t12-,17+,19-/m0/s1. The number of aromatic nitrogens is 2. The molecule has 1 amide bonds. The molecule has 1 saturated heterocycles. The van der Waals surface area contributed by atoms with E-state index in [4.69, 9.17) is 0 Å². The molecule has 1 aliphatic heterocycles. The second kappa shape index (κ2) is 10.4. The molecule has 38 heavy (non-hydrogen) atoms. The number of hydrogen-bond acceptors (Lipinski definition) is 7. The molecule has 1 aliphatic rings. The van der Waals surface area contributed by atoms with Crippen molar-refractivity contribution in [3.8, 4) is 16.6 Å². The van der Waals surface area contributed by atoms with Gasteiger partial charge in [0.05, 0.1) is 27.1 Å². The average Bonchev–Trinajstić information content (AvgIpc) is 3.48. The number of amides is 1. The number of thiazole rings is 1. The number of pyridine rings is 1. The van der Waals surface area contributed by atoms with Crippen molar-refractivity contribution in [3.05, 3.63) is 64.7 Å². The summed E-state index contributed by atoms with van der Waals surface area (Å²) in [5.74, 6) is -1.52. The number of alkyl halides is 4. The van der Waals surface area contributed by atoms with Gasteiger partial charge in [-0.1, -0.05) is 0 Å². The van der Waals surface area contributed by atoms with Crippen LogP contribution in [-0.4, -0.2) is 46.9 Å². The third-order valence-electron chi connectivity index (χ3n) is 5.94. The summed E-state index contributed by atoms with van der Waals surface area (Å²) in [6.07, 6.45) is -4.61. The van der Waals surface area contributed by atoms with Crippen molar-refractivity contribution >= 4 is 27.3 Å². The van der Waals surface area contributed by atoms with Crippen LogP contribution in [0, 0.1) is 17.1 Å². The van der Waals surface area contributed by atoms with Crippen LogP contribution in [0.15, 0.2) is 47.6 Å². The van der Waals surface area contributed by atoms with Crippen LogP contribution in [0.5, 0.6) is 0 Å². The minimum atomic E-state index is -4.64. The lowest BCUT2D eigenvalue weighted by molar-refractivity contribution is -0.137. The summed E-state index contributed by atoms with van der Waals surface area (Å²) < 4.78 is 93.8. The molecule has 2 aromatic heterocycles. The van der Waals surface area contributed by atoms with E-state index in [0.29, 0.717) is 11.3 Å². The van der Waals surface area contributed by atoms with Gasteiger partial charge >= 0.3 is 6.18 Å². The molecule has 8 nitrogen and oxygen atoms in total. The summed E-state index contributed by atoms with van der Waals surface area (Å²) in [5, 5.41) is 10.8. The molecule has 0 unspecified atom stereocenters. The number of nitrogens with zero attached hydrogens (tertiary/aromatic N) is 4. The lowest BCUT2D eigenvalue weighted by Gasteiger charge is -2.27. The lowest BCUT2D eigenvalue weighted by Crippen LogP contribution is -2.48. The number of halogens is 5. The Morgan fingerprint density at radius 3 is 2.53 bits per heavy atom. The number of nitriles is 1. The molecule has 0 aliphatic carbocycles. The molecule has 15 heteroatoms. The molecule has 3 atom stereocenters. The van der Waals surface area contributed by atoms with E-state index in [-0.39, 0.29) is 33.1 Å². The van der Waals surface area contributed by atoms with E-state index in [1.54, 1.807) is 0 Å². The Labute approximate surface area is 217 Å². The van der Waals surface area contributed by atoms with Crippen molar-refractivity contribution < 1.29 is 35.2 Å². The van der Waals surface area contributed by atoms with E-state index >= 15 is 0 Å². The van der Waals surface area contributed by atoms with Crippen molar-refractivity contribution in [2.24, 2.45) is 0 Å². The monoisotopic (exact) mass is 571 g/mol. The van der Waals surface area contributed by atoms with E-state index in [1.165, 1.54) is 13.0 Å². The SMILES string of the molecule is C[C@H]1[C@H](F)C[C@@H](C(=O)NCc2cc(-c3cnc(C(F)(F)F)s3)ncc2C#N)N1S(=O)(=O)c1ccc(F)cc1. The van der Waals surface area contributed by atoms with Gasteiger partial charge in [0.1, 0.15) is 24.1 Å². The van der Waals surface area contributed by atoms with Gasteiger partial charge in [-0.2, -0.15) is 22.7 Å². The summed E-state index contributed by atoms with van der Waals surface area (Å²) >= 11 is 0.355. The van der Waals surface area contributed by atoms with Crippen LogP contribution in [0.3, 0.4) is 0 Å². The Morgan fingerprint density at radius 1 is 1.24 bits per heavy atom. The third kappa shape index (κ3) is 5.38. The molecule has 3 heterocycles. The van der Waals surface area contributed by atoms with Crippen LogP contribution in [-0.2, 0) is 27.5 Å². The predicted molar refractivity (Wildman–Crippen MR) is 125 cm³/mol. The van der Waals surface area contributed by atoms with Gasteiger partial charge in [-0.15, -0.1) is 11.3 Å². The maximum atomic E-state index is 14.6. The Balaban J connectivity index is 1.57. The molecular weight excluding hydrogens is 553 g/mol. The average molecular weight is 572 g/mol. The number of carbonyl (C=O) groups excluding carboxylic acids is 1. The Kier molecular flexibility index (Phi) is 7.51. The molecule has 0 bridgehead atoms. The van der Waals surface area contributed by atoms with Gasteiger partial charge in [0.2, 0.25) is 15.9 Å². The first-order chi connectivity index (χ1) is 17.8. The highest BCUT2D eigenvalue weighted by atomic mass is 32.2. The molecular formula is C23H18F5N5O3S2. The van der Waals surface area contributed by atoms with E-state index in [2.05, 4.69) is 15.3 Å². The molecule has 1 fully saturated rings. The first kappa shape index (κ1) is 27.6. The normalized spacial score (nSPS) is 20.3. The van der Waals surface area contributed by atoms with Crippen molar-refractivity contribution in [3.63, 3.8) is 0 Å². The molecule has 200 valence electrons. The summed E-state index contributed by atoms with van der Waals surface area (Å²) in [6.45, 7) is 1.00. The minimum Gasteiger partial charge on any atom is -0.351 e. The second-order valence-corrected chi connectivity index (χ2v) is 11.3. The fourth-order valence-electron chi connectivity index (χ4n) is 4.00. The zero-order chi connectivity index (χ0) is 27.8. The van der Waals surface area contributed by atoms with Gasteiger partial charge in [0.15, 0.2) is 5.01 Å². The van der Waals surface area contributed by atoms with E-state index in [9.17, 15) is 40.4 Å². The van der Waals surface area contributed by atoms with Crippen molar-refractivity contribution in [2.45, 2.75) is 49.2 Å². The first-order valence-electron chi connectivity index (χ1n) is 11.0. The van der Waals surface area contributed by atoms with Crippen molar-refractivity contribution in [2.75, 3.05) is 0 Å². The fourth-order valence-corrected chi connectivity index (χ4v) is 6.56. The zero-order valence-corrected chi connectivity index (χ0v) is 21.0. The predicted octanol–water partition coefficient (Wildman–Crippen LogP) is 4.04. The van der Waals surface area contributed by atoms with Crippen molar-refractivity contribution in [1.82, 2.24) is 19.6 Å². The Bertz CT molecular complexity index is 1500. The number of benzene rings is 1. The largest absolute Gasteiger partial charge is 0.443 e. The van der Waals surface area contributed by atoms with Crippen LogP contribution in [0.1, 0.15) is 29.5 Å². The Hall–Kier alpha value is -3.48. The van der Waals surface area contributed by atoms with Gasteiger partial charge in [-0.05, 0) is 42.8 Å². The summed E-state index contributed by atoms with van der Waals surface area (Å²) in [5.41, 5.74) is 0.303. The van der Waals surface area contributed by atoms with E-state index in [0.717, 1.165) is 41.0 Å². The van der Waals surface area contributed by atoms with Gasteiger partial charge in [-0.25, -0.2) is 22.2 Å². The number of carbonyl (C=O) groups is 1. The van der Waals surface area contributed by atoms with Crippen LogP contribution in [0.25, 0.3) is 10.6 Å². The quantitative estimate of drug-likeness (QED) is 0.447. The number of nitrogens with one attached hydrogen (secondary N) is 1. The third-order valence-corrected chi connectivity index (χ3v) is 9.01. The number of sulfonamides is 1. The van der Waals surface area contributed by atoms with Crippen LogP contribution in [0.2, 0.25) is 0 Å². The maximum absolute atomic E-state index is 14.6. The number of rotatable bonds is 6. The molecule has 0 radical (unpaired) electrons. The molecule has 4 rings (SSSR count). The second-order valence-electron chi connectivity index (χ2n) is 8.38. The van der Waals surface area contributed by atoms with Gasteiger partial charge in [0, 0.05) is 25.4 Å². The van der Waals surface area contributed by atoms with Gasteiger partial charge in [0.25, 0.3) is 0 Å². The minimum absolute atomic E-state index is 0.0218. The number of hydrogen-bond donors (Lipinski definition) is 1. The molecule has 3 aromatic rings.